The van der Waals surface area contributed by atoms with Crippen molar-refractivity contribution < 1.29 is 17.9 Å². The number of alkyl halides is 1. The zero-order valence-electron chi connectivity index (χ0n) is 8.94. The number of rotatable bonds is 4. The van der Waals surface area contributed by atoms with Crippen LogP contribution in [0.25, 0.3) is 0 Å². The lowest BCUT2D eigenvalue weighted by molar-refractivity contribution is -0.113. The van der Waals surface area contributed by atoms with Gasteiger partial charge in [0.05, 0.1) is 23.0 Å². The Bertz CT molecular complexity index is 530. The first kappa shape index (κ1) is 13.9. The molecular formula is C9H11BrN2O4S. The topological polar surface area (TPSA) is 98.5 Å². The molecule has 0 bridgehead atoms. The van der Waals surface area contributed by atoms with Gasteiger partial charge in [-0.3, -0.25) is 4.79 Å². The highest BCUT2D eigenvalue weighted by Crippen LogP contribution is 2.26. The Morgan fingerprint density at radius 1 is 1.53 bits per heavy atom. The van der Waals surface area contributed by atoms with E-state index in [2.05, 4.69) is 21.2 Å². The van der Waals surface area contributed by atoms with Gasteiger partial charge in [0.25, 0.3) is 0 Å². The van der Waals surface area contributed by atoms with Crippen molar-refractivity contribution in [2.24, 2.45) is 5.14 Å². The Morgan fingerprint density at radius 2 is 2.18 bits per heavy atom. The van der Waals surface area contributed by atoms with Gasteiger partial charge in [0.15, 0.2) is 0 Å². The van der Waals surface area contributed by atoms with Crippen molar-refractivity contribution in [1.29, 1.82) is 0 Å². The molecule has 0 aromatic heterocycles. The quantitative estimate of drug-likeness (QED) is 0.796. The van der Waals surface area contributed by atoms with E-state index in [1.807, 2.05) is 0 Å². The molecule has 0 unspecified atom stereocenters. The van der Waals surface area contributed by atoms with E-state index in [9.17, 15) is 13.2 Å². The van der Waals surface area contributed by atoms with Crippen LogP contribution >= 0.6 is 15.9 Å². The fourth-order valence-electron chi connectivity index (χ4n) is 1.15. The summed E-state index contributed by atoms with van der Waals surface area (Å²) in [6, 6.07) is 3.97. The monoisotopic (exact) mass is 322 g/mol. The van der Waals surface area contributed by atoms with Crippen molar-refractivity contribution in [3.8, 4) is 5.75 Å². The third-order valence-corrected chi connectivity index (χ3v) is 3.32. The summed E-state index contributed by atoms with van der Waals surface area (Å²) in [6.07, 6.45) is 0. The zero-order chi connectivity index (χ0) is 13.1. The van der Waals surface area contributed by atoms with Gasteiger partial charge in [0.1, 0.15) is 5.75 Å². The first-order valence-corrected chi connectivity index (χ1v) is 7.12. The first-order chi connectivity index (χ1) is 7.88. The summed E-state index contributed by atoms with van der Waals surface area (Å²) in [4.78, 5) is 11.1. The van der Waals surface area contributed by atoms with Gasteiger partial charge in [0, 0.05) is 0 Å². The summed E-state index contributed by atoms with van der Waals surface area (Å²) in [6.45, 7) is 0. The Balaban J connectivity index is 3.20. The molecule has 8 heteroatoms. The molecule has 3 N–H and O–H groups in total. The first-order valence-electron chi connectivity index (χ1n) is 4.45. The average Bonchev–Trinajstić information content (AvgIpc) is 2.27. The van der Waals surface area contributed by atoms with E-state index >= 15 is 0 Å². The SMILES string of the molecule is COc1ccc(S(N)(=O)=O)cc1NC(=O)CBr. The number of benzene rings is 1. The molecule has 0 aliphatic heterocycles. The molecule has 1 aromatic carbocycles. The van der Waals surface area contributed by atoms with Gasteiger partial charge in [-0.25, -0.2) is 13.6 Å². The van der Waals surface area contributed by atoms with Crippen molar-refractivity contribution in [2.45, 2.75) is 4.90 Å². The third-order valence-electron chi connectivity index (χ3n) is 1.89. The summed E-state index contributed by atoms with van der Waals surface area (Å²) >= 11 is 2.98. The highest BCUT2D eigenvalue weighted by molar-refractivity contribution is 9.09. The van der Waals surface area contributed by atoms with Crippen LogP contribution in [0.1, 0.15) is 0 Å². The fraction of sp³-hybridized carbons (Fsp3) is 0.222. The van der Waals surface area contributed by atoms with Crippen molar-refractivity contribution in [3.63, 3.8) is 0 Å². The van der Waals surface area contributed by atoms with Gasteiger partial charge in [0.2, 0.25) is 15.9 Å². The van der Waals surface area contributed by atoms with Crippen molar-refractivity contribution in [2.75, 3.05) is 17.8 Å². The van der Waals surface area contributed by atoms with Gasteiger partial charge in [-0.15, -0.1) is 0 Å². The average molecular weight is 323 g/mol. The number of primary sulfonamides is 1. The Morgan fingerprint density at radius 3 is 2.65 bits per heavy atom. The normalized spacial score (nSPS) is 11.0. The molecule has 1 aromatic rings. The van der Waals surface area contributed by atoms with E-state index in [1.165, 1.54) is 25.3 Å². The Kier molecular flexibility index (Phi) is 4.49. The van der Waals surface area contributed by atoms with E-state index in [1.54, 1.807) is 0 Å². The minimum atomic E-state index is -3.81. The summed E-state index contributed by atoms with van der Waals surface area (Å²) in [5.74, 6) is 0.0292. The van der Waals surface area contributed by atoms with Crippen LogP contribution in [0.2, 0.25) is 0 Å². The van der Waals surface area contributed by atoms with Gasteiger partial charge >= 0.3 is 0 Å². The molecule has 0 spiro atoms. The maximum Gasteiger partial charge on any atom is 0.238 e. The van der Waals surface area contributed by atoms with Crippen LogP contribution < -0.4 is 15.2 Å². The second kappa shape index (κ2) is 5.48. The predicted octanol–water partition coefficient (Wildman–Crippen LogP) is 0.676. The molecule has 0 atom stereocenters. The number of anilines is 1. The molecule has 0 saturated heterocycles. The van der Waals surface area contributed by atoms with E-state index in [4.69, 9.17) is 9.88 Å². The molecule has 94 valence electrons. The molecule has 0 aliphatic carbocycles. The van der Waals surface area contributed by atoms with Crippen molar-refractivity contribution in [3.05, 3.63) is 18.2 Å². The number of halogens is 1. The van der Waals surface area contributed by atoms with Gasteiger partial charge in [-0.2, -0.15) is 0 Å². The van der Waals surface area contributed by atoms with Crippen molar-refractivity contribution in [1.82, 2.24) is 0 Å². The van der Waals surface area contributed by atoms with Crippen molar-refractivity contribution >= 4 is 37.5 Å². The Hall–Kier alpha value is -1.12. The lowest BCUT2D eigenvalue weighted by Crippen LogP contribution is -2.15. The number of hydrogen-bond acceptors (Lipinski definition) is 4. The van der Waals surface area contributed by atoms with Gasteiger partial charge in [-0.05, 0) is 18.2 Å². The van der Waals surface area contributed by atoms with E-state index < -0.39 is 10.0 Å². The molecule has 17 heavy (non-hydrogen) atoms. The molecule has 0 saturated carbocycles. The second-order valence-corrected chi connectivity index (χ2v) is 5.21. The van der Waals surface area contributed by atoms with E-state index in [-0.39, 0.29) is 21.8 Å². The maximum atomic E-state index is 11.2. The molecule has 1 amide bonds. The molecule has 6 nitrogen and oxygen atoms in total. The van der Waals surface area contributed by atoms with E-state index in [0.29, 0.717) is 5.75 Å². The zero-order valence-corrected chi connectivity index (χ0v) is 11.3. The number of carbonyl (C=O) groups is 1. The molecule has 0 radical (unpaired) electrons. The van der Waals surface area contributed by atoms with Crippen LogP contribution in [0, 0.1) is 0 Å². The van der Waals surface area contributed by atoms with Gasteiger partial charge in [-0.1, -0.05) is 15.9 Å². The van der Waals surface area contributed by atoms with E-state index in [0.717, 1.165) is 0 Å². The van der Waals surface area contributed by atoms with Crippen LogP contribution in [0.15, 0.2) is 23.1 Å². The highest BCUT2D eigenvalue weighted by Gasteiger charge is 2.13. The Labute approximate surface area is 107 Å². The molecular weight excluding hydrogens is 312 g/mol. The number of hydrogen-bond donors (Lipinski definition) is 2. The lowest BCUT2D eigenvalue weighted by Gasteiger charge is -2.10. The summed E-state index contributed by atoms with van der Waals surface area (Å²) in [5.41, 5.74) is 0.253. The summed E-state index contributed by atoms with van der Waals surface area (Å²) in [7, 11) is -2.40. The van der Waals surface area contributed by atoms with Crippen LogP contribution in [0.4, 0.5) is 5.69 Å². The molecule has 1 rings (SSSR count). The number of nitrogens with one attached hydrogen (secondary N) is 1. The van der Waals surface area contributed by atoms with Crippen LogP contribution in [0.3, 0.4) is 0 Å². The van der Waals surface area contributed by atoms with Crippen LogP contribution in [-0.4, -0.2) is 26.8 Å². The van der Waals surface area contributed by atoms with Gasteiger partial charge < -0.3 is 10.1 Å². The number of carbonyl (C=O) groups excluding carboxylic acids is 1. The fourth-order valence-corrected chi connectivity index (χ4v) is 1.83. The molecule has 0 aliphatic rings. The number of methoxy groups -OCH3 is 1. The maximum absolute atomic E-state index is 11.2. The minimum Gasteiger partial charge on any atom is -0.495 e. The highest BCUT2D eigenvalue weighted by atomic mass is 79.9. The number of nitrogens with two attached hydrogens (primary N) is 1. The molecule has 0 fully saturated rings. The van der Waals surface area contributed by atoms with Crippen LogP contribution in [0.5, 0.6) is 5.75 Å². The minimum absolute atomic E-state index is 0.0930. The number of amides is 1. The smallest absolute Gasteiger partial charge is 0.238 e. The summed E-state index contributed by atoms with van der Waals surface area (Å²) < 4.78 is 27.3. The third kappa shape index (κ3) is 3.69. The largest absolute Gasteiger partial charge is 0.495 e. The number of ether oxygens (including phenoxy) is 1. The summed E-state index contributed by atoms with van der Waals surface area (Å²) in [5, 5.41) is 7.58. The standard InChI is InChI=1S/C9H11BrN2O4S/c1-16-8-3-2-6(17(11,14)15)4-7(8)12-9(13)5-10/h2-4H,5H2,1H3,(H,12,13)(H2,11,14,15). The second-order valence-electron chi connectivity index (χ2n) is 3.09. The number of sulfonamides is 1. The van der Waals surface area contributed by atoms with Crippen LogP contribution in [-0.2, 0) is 14.8 Å². The lowest BCUT2D eigenvalue weighted by atomic mass is 10.3. The molecule has 0 heterocycles. The predicted molar refractivity (Wildman–Crippen MR) is 66.8 cm³/mol.